The Balaban J connectivity index is 1.77. The monoisotopic (exact) mass is 396 g/mol. The number of pyridine rings is 2. The van der Waals surface area contributed by atoms with Crippen molar-refractivity contribution in [1.29, 1.82) is 0 Å². The van der Waals surface area contributed by atoms with Crippen LogP contribution >= 0.6 is 0 Å². The maximum Gasteiger partial charge on any atom is 0.333 e. The van der Waals surface area contributed by atoms with Gasteiger partial charge in [-0.05, 0) is 55.8 Å². The van der Waals surface area contributed by atoms with Gasteiger partial charge in [0.25, 0.3) is 0 Å². The summed E-state index contributed by atoms with van der Waals surface area (Å²) in [7, 11) is 0. The van der Waals surface area contributed by atoms with E-state index in [-0.39, 0.29) is 5.69 Å². The van der Waals surface area contributed by atoms with Crippen LogP contribution in [0.1, 0.15) is 17.0 Å². The zero-order valence-corrected chi connectivity index (χ0v) is 16.7. The van der Waals surface area contributed by atoms with Crippen LogP contribution in [0.25, 0.3) is 22.6 Å². The van der Waals surface area contributed by atoms with Crippen molar-refractivity contribution in [2.45, 2.75) is 20.4 Å². The molecule has 0 aliphatic carbocycles. The number of nitrogens with zero attached hydrogens (tertiary/aromatic N) is 6. The molecule has 1 aromatic carbocycles. The van der Waals surface area contributed by atoms with Crippen molar-refractivity contribution in [3.8, 4) is 16.9 Å². The Morgan fingerprint density at radius 2 is 1.87 bits per heavy atom. The molecule has 0 bridgehead atoms. The molecule has 0 amide bonds. The lowest BCUT2D eigenvalue weighted by molar-refractivity contribution is 0.707. The van der Waals surface area contributed by atoms with Gasteiger partial charge in [-0.3, -0.25) is 14.1 Å². The molecule has 5 aromatic rings. The Morgan fingerprint density at radius 3 is 2.67 bits per heavy atom. The second-order valence-electron chi connectivity index (χ2n) is 7.28. The summed E-state index contributed by atoms with van der Waals surface area (Å²) in [6, 6.07) is 17.6. The molecule has 0 N–H and O–H groups in total. The summed E-state index contributed by atoms with van der Waals surface area (Å²) in [6.07, 6.45) is 5.17. The van der Waals surface area contributed by atoms with Gasteiger partial charge in [0.1, 0.15) is 6.33 Å². The van der Waals surface area contributed by atoms with Gasteiger partial charge in [0, 0.05) is 23.7 Å². The molecule has 4 heterocycles. The van der Waals surface area contributed by atoms with Gasteiger partial charge in [0.05, 0.1) is 23.6 Å². The summed E-state index contributed by atoms with van der Waals surface area (Å²) in [5, 5.41) is 4.25. The Hall–Kier alpha value is -4.00. The van der Waals surface area contributed by atoms with Crippen molar-refractivity contribution in [1.82, 2.24) is 28.7 Å². The lowest BCUT2D eigenvalue weighted by Crippen LogP contribution is -2.24. The molecule has 0 spiro atoms. The lowest BCUT2D eigenvalue weighted by atomic mass is 10.1. The fourth-order valence-corrected chi connectivity index (χ4v) is 3.79. The molecule has 0 aliphatic heterocycles. The predicted octanol–water partition coefficient (Wildman–Crippen LogP) is 3.41. The third-order valence-electron chi connectivity index (χ3n) is 5.25. The standard InChI is InChI=1S/C23H20N6O/c1-16-6-5-8-20(12-16)29-22(18-9-10-21-25-15-26-28(21)13-18)17(2)27(23(29)30)14-19-7-3-4-11-24-19/h3-13,15H,14H2,1-2H3. The van der Waals surface area contributed by atoms with E-state index in [0.717, 1.165) is 39.5 Å². The highest BCUT2D eigenvalue weighted by atomic mass is 16.1. The van der Waals surface area contributed by atoms with E-state index < -0.39 is 0 Å². The molecule has 0 fully saturated rings. The van der Waals surface area contributed by atoms with E-state index in [1.165, 1.54) is 6.33 Å². The number of hydrogen-bond donors (Lipinski definition) is 0. The Morgan fingerprint density at radius 1 is 0.967 bits per heavy atom. The maximum atomic E-state index is 13.6. The number of aromatic nitrogens is 6. The van der Waals surface area contributed by atoms with Crippen LogP contribution in [0.15, 0.2) is 78.1 Å². The Bertz CT molecular complexity index is 1410. The average Bonchev–Trinajstić information content (AvgIpc) is 3.32. The quantitative estimate of drug-likeness (QED) is 0.467. The summed E-state index contributed by atoms with van der Waals surface area (Å²) in [4.78, 5) is 22.2. The van der Waals surface area contributed by atoms with Crippen molar-refractivity contribution >= 4 is 5.65 Å². The van der Waals surface area contributed by atoms with Gasteiger partial charge in [-0.25, -0.2) is 14.3 Å². The van der Waals surface area contributed by atoms with Crippen molar-refractivity contribution < 1.29 is 0 Å². The third kappa shape index (κ3) is 3.00. The Kier molecular flexibility index (Phi) is 4.28. The topological polar surface area (TPSA) is 70.0 Å². The molecule has 0 radical (unpaired) electrons. The van der Waals surface area contributed by atoms with Crippen LogP contribution in [0.4, 0.5) is 0 Å². The maximum absolute atomic E-state index is 13.6. The van der Waals surface area contributed by atoms with E-state index in [9.17, 15) is 4.79 Å². The van der Waals surface area contributed by atoms with E-state index >= 15 is 0 Å². The number of aryl methyl sites for hydroxylation is 1. The molecule has 0 unspecified atom stereocenters. The second kappa shape index (κ2) is 7.11. The van der Waals surface area contributed by atoms with Gasteiger partial charge in [-0.2, -0.15) is 5.10 Å². The number of fused-ring (bicyclic) bond motifs is 1. The fraction of sp³-hybridized carbons (Fsp3) is 0.130. The largest absolute Gasteiger partial charge is 0.333 e. The molecule has 0 aliphatic rings. The molecule has 0 atom stereocenters. The number of benzene rings is 1. The molecule has 4 aromatic heterocycles. The first-order chi connectivity index (χ1) is 14.6. The first-order valence-electron chi connectivity index (χ1n) is 9.70. The van der Waals surface area contributed by atoms with E-state index in [0.29, 0.717) is 6.54 Å². The van der Waals surface area contributed by atoms with Crippen LogP contribution in [0.3, 0.4) is 0 Å². The minimum Gasteiger partial charge on any atom is -0.290 e. The highest BCUT2D eigenvalue weighted by Crippen LogP contribution is 2.26. The van der Waals surface area contributed by atoms with Crippen LogP contribution in [0.2, 0.25) is 0 Å². The Labute approximate surface area is 172 Å². The van der Waals surface area contributed by atoms with Crippen LogP contribution in [-0.4, -0.2) is 28.7 Å². The summed E-state index contributed by atoms with van der Waals surface area (Å²) in [6.45, 7) is 4.40. The van der Waals surface area contributed by atoms with E-state index in [4.69, 9.17) is 0 Å². The summed E-state index contributed by atoms with van der Waals surface area (Å²) in [5.41, 5.74) is 6.01. The van der Waals surface area contributed by atoms with Crippen molar-refractivity contribution in [2.24, 2.45) is 0 Å². The van der Waals surface area contributed by atoms with Gasteiger partial charge < -0.3 is 0 Å². The highest BCUT2D eigenvalue weighted by molar-refractivity contribution is 5.66. The summed E-state index contributed by atoms with van der Waals surface area (Å²) in [5.74, 6) is 0. The lowest BCUT2D eigenvalue weighted by Gasteiger charge is -2.09. The SMILES string of the molecule is Cc1cccc(-n2c(-c3ccc4ncnn4c3)c(C)n(Cc3ccccn3)c2=O)c1. The van der Waals surface area contributed by atoms with E-state index in [1.54, 1.807) is 19.8 Å². The number of imidazole rings is 1. The van der Waals surface area contributed by atoms with Crippen LogP contribution < -0.4 is 5.69 Å². The van der Waals surface area contributed by atoms with E-state index in [2.05, 4.69) is 15.1 Å². The number of hydrogen-bond acceptors (Lipinski definition) is 4. The molecule has 0 saturated carbocycles. The highest BCUT2D eigenvalue weighted by Gasteiger charge is 2.20. The van der Waals surface area contributed by atoms with Crippen LogP contribution in [0.5, 0.6) is 0 Å². The third-order valence-corrected chi connectivity index (χ3v) is 5.25. The minimum absolute atomic E-state index is 0.0996. The summed E-state index contributed by atoms with van der Waals surface area (Å²) >= 11 is 0. The zero-order chi connectivity index (χ0) is 20.7. The predicted molar refractivity (Wildman–Crippen MR) is 115 cm³/mol. The van der Waals surface area contributed by atoms with Crippen molar-refractivity contribution in [3.05, 3.63) is 101 Å². The smallest absolute Gasteiger partial charge is 0.290 e. The molecule has 5 rings (SSSR count). The van der Waals surface area contributed by atoms with Gasteiger partial charge in [-0.15, -0.1) is 0 Å². The van der Waals surface area contributed by atoms with Crippen molar-refractivity contribution in [3.63, 3.8) is 0 Å². The molecule has 7 heteroatoms. The second-order valence-corrected chi connectivity index (χ2v) is 7.28. The first-order valence-corrected chi connectivity index (χ1v) is 9.70. The number of rotatable bonds is 4. The molecular weight excluding hydrogens is 376 g/mol. The van der Waals surface area contributed by atoms with E-state index in [1.807, 2.05) is 74.6 Å². The average molecular weight is 396 g/mol. The summed E-state index contributed by atoms with van der Waals surface area (Å²) < 4.78 is 5.25. The van der Waals surface area contributed by atoms with Gasteiger partial charge in [0.2, 0.25) is 0 Å². The van der Waals surface area contributed by atoms with Crippen LogP contribution in [-0.2, 0) is 6.54 Å². The molecule has 148 valence electrons. The minimum atomic E-state index is -0.0996. The van der Waals surface area contributed by atoms with Crippen LogP contribution in [0, 0.1) is 13.8 Å². The van der Waals surface area contributed by atoms with Gasteiger partial charge in [0.15, 0.2) is 5.65 Å². The molecule has 0 saturated heterocycles. The fourth-order valence-electron chi connectivity index (χ4n) is 3.79. The molecular formula is C23H20N6O. The molecule has 7 nitrogen and oxygen atoms in total. The van der Waals surface area contributed by atoms with Gasteiger partial charge >= 0.3 is 5.69 Å². The normalized spacial score (nSPS) is 11.3. The zero-order valence-electron chi connectivity index (χ0n) is 16.7. The molecule has 30 heavy (non-hydrogen) atoms. The first kappa shape index (κ1) is 18.1. The van der Waals surface area contributed by atoms with Crippen molar-refractivity contribution in [2.75, 3.05) is 0 Å². The van der Waals surface area contributed by atoms with Gasteiger partial charge in [-0.1, -0.05) is 18.2 Å².